The van der Waals surface area contributed by atoms with Crippen molar-refractivity contribution in [3.63, 3.8) is 0 Å². The average molecular weight is 250 g/mol. The summed E-state index contributed by atoms with van der Waals surface area (Å²) in [5.74, 6) is 0.511. The van der Waals surface area contributed by atoms with Crippen molar-refractivity contribution in [2.24, 2.45) is 5.73 Å². The van der Waals surface area contributed by atoms with Crippen molar-refractivity contribution in [3.05, 3.63) is 23.4 Å². The van der Waals surface area contributed by atoms with E-state index < -0.39 is 6.04 Å². The number of pyridine rings is 1. The number of carbonyl (C=O) groups excluding carboxylic acids is 1. The summed E-state index contributed by atoms with van der Waals surface area (Å²) in [6, 6.07) is 3.44. The first-order valence-electron chi connectivity index (χ1n) is 4.20. The molecule has 1 aromatic rings. The summed E-state index contributed by atoms with van der Waals surface area (Å²) in [5.41, 5.74) is 7.50. The van der Waals surface area contributed by atoms with Gasteiger partial charge in [-0.1, -0.05) is 6.07 Å². The van der Waals surface area contributed by atoms with Gasteiger partial charge in [-0.25, -0.2) is 4.98 Å². The summed E-state index contributed by atoms with van der Waals surface area (Å²) in [4.78, 5) is 15.4. The minimum atomic E-state index is -0.433. The number of anilines is 1. The summed E-state index contributed by atoms with van der Waals surface area (Å²) < 4.78 is 0. The third-order valence-corrected chi connectivity index (χ3v) is 2.14. The van der Waals surface area contributed by atoms with Crippen LogP contribution < -0.4 is 11.1 Å². The Bertz CT molecular complexity index is 370. The van der Waals surface area contributed by atoms with Gasteiger partial charge in [0, 0.05) is 12.1 Å². The number of nitrogens with two attached hydrogens (primary N) is 1. The molecule has 2 rings (SSSR count). The van der Waals surface area contributed by atoms with Crippen LogP contribution in [-0.4, -0.2) is 16.9 Å². The van der Waals surface area contributed by atoms with E-state index in [1.807, 2.05) is 19.1 Å². The van der Waals surface area contributed by atoms with Crippen molar-refractivity contribution in [2.75, 3.05) is 5.32 Å². The maximum atomic E-state index is 11.2. The second-order valence-electron chi connectivity index (χ2n) is 3.26. The van der Waals surface area contributed by atoms with Crippen LogP contribution in [0.3, 0.4) is 0 Å². The molecule has 1 aliphatic heterocycles. The van der Waals surface area contributed by atoms with E-state index in [0.717, 1.165) is 11.3 Å². The number of rotatable bonds is 0. The summed E-state index contributed by atoms with van der Waals surface area (Å²) in [6.07, 6.45) is 0.578. The second-order valence-corrected chi connectivity index (χ2v) is 3.26. The Labute approximate surface area is 100 Å². The van der Waals surface area contributed by atoms with Gasteiger partial charge in [-0.15, -0.1) is 24.8 Å². The Balaban J connectivity index is 0.000000980. The summed E-state index contributed by atoms with van der Waals surface area (Å²) in [6.45, 7) is 1.89. The molecule has 0 radical (unpaired) electrons. The molecule has 0 bridgehead atoms. The lowest BCUT2D eigenvalue weighted by Gasteiger charge is -2.20. The maximum Gasteiger partial charge on any atom is 0.242 e. The van der Waals surface area contributed by atoms with Gasteiger partial charge >= 0.3 is 0 Å². The SMILES string of the molecule is Cc1ccc2c(n1)NC(=O)[C@@H](N)C2.Cl.Cl. The fraction of sp³-hybridized carbons (Fsp3) is 0.333. The fourth-order valence-electron chi connectivity index (χ4n) is 1.40. The number of nitrogens with zero attached hydrogens (tertiary/aromatic N) is 1. The zero-order valence-corrected chi connectivity index (χ0v) is 9.82. The van der Waals surface area contributed by atoms with E-state index in [1.165, 1.54) is 0 Å². The normalized spacial score (nSPS) is 18.0. The van der Waals surface area contributed by atoms with Gasteiger partial charge in [0.2, 0.25) is 5.91 Å². The molecule has 0 saturated heterocycles. The molecule has 0 aromatic carbocycles. The van der Waals surface area contributed by atoms with Gasteiger partial charge in [-0.05, 0) is 18.6 Å². The van der Waals surface area contributed by atoms with Crippen LogP contribution in [0.2, 0.25) is 0 Å². The molecule has 15 heavy (non-hydrogen) atoms. The van der Waals surface area contributed by atoms with Gasteiger partial charge in [0.05, 0.1) is 6.04 Å². The summed E-state index contributed by atoms with van der Waals surface area (Å²) >= 11 is 0. The highest BCUT2D eigenvalue weighted by molar-refractivity contribution is 5.96. The number of aryl methyl sites for hydroxylation is 1. The van der Waals surface area contributed by atoms with Crippen molar-refractivity contribution in [3.8, 4) is 0 Å². The Morgan fingerprint density at radius 3 is 2.80 bits per heavy atom. The average Bonchev–Trinajstić information content (AvgIpc) is 2.08. The minimum absolute atomic E-state index is 0. The van der Waals surface area contributed by atoms with Crippen LogP contribution in [0.15, 0.2) is 12.1 Å². The largest absolute Gasteiger partial charge is 0.320 e. The van der Waals surface area contributed by atoms with E-state index in [4.69, 9.17) is 5.73 Å². The zero-order chi connectivity index (χ0) is 9.42. The van der Waals surface area contributed by atoms with Crippen LogP contribution in [0.5, 0.6) is 0 Å². The Kier molecular flexibility index (Phi) is 5.00. The molecular formula is C9H13Cl2N3O. The molecular weight excluding hydrogens is 237 g/mol. The number of carbonyl (C=O) groups is 1. The number of fused-ring (bicyclic) bond motifs is 1. The van der Waals surface area contributed by atoms with Gasteiger partial charge in [0.25, 0.3) is 0 Å². The van der Waals surface area contributed by atoms with E-state index in [-0.39, 0.29) is 30.7 Å². The molecule has 2 heterocycles. The standard InChI is InChI=1S/C9H11N3O.2ClH/c1-5-2-3-6-4-7(10)9(13)12-8(6)11-5;;/h2-3,7H,4,10H2,1H3,(H,11,12,13);2*1H/t7-;;/m0../s1. The van der Waals surface area contributed by atoms with Crippen LogP contribution in [0, 0.1) is 6.92 Å². The quantitative estimate of drug-likeness (QED) is 0.723. The zero-order valence-electron chi connectivity index (χ0n) is 8.19. The van der Waals surface area contributed by atoms with Crippen LogP contribution in [0.1, 0.15) is 11.3 Å². The van der Waals surface area contributed by atoms with Crippen molar-refractivity contribution in [1.82, 2.24) is 4.98 Å². The fourth-order valence-corrected chi connectivity index (χ4v) is 1.40. The van der Waals surface area contributed by atoms with E-state index >= 15 is 0 Å². The van der Waals surface area contributed by atoms with Crippen molar-refractivity contribution in [1.29, 1.82) is 0 Å². The highest BCUT2D eigenvalue weighted by atomic mass is 35.5. The second kappa shape index (κ2) is 5.30. The highest BCUT2D eigenvalue weighted by Gasteiger charge is 2.23. The smallest absolute Gasteiger partial charge is 0.242 e. The molecule has 1 aliphatic rings. The maximum absolute atomic E-state index is 11.2. The molecule has 6 heteroatoms. The molecule has 0 unspecified atom stereocenters. The number of nitrogens with one attached hydrogen (secondary N) is 1. The summed E-state index contributed by atoms with van der Waals surface area (Å²) in [5, 5.41) is 2.68. The summed E-state index contributed by atoms with van der Waals surface area (Å²) in [7, 11) is 0. The third kappa shape index (κ3) is 2.81. The first-order valence-corrected chi connectivity index (χ1v) is 4.20. The van der Waals surface area contributed by atoms with Crippen LogP contribution >= 0.6 is 24.8 Å². The molecule has 0 saturated carbocycles. The molecule has 1 amide bonds. The highest BCUT2D eigenvalue weighted by Crippen LogP contribution is 2.19. The van der Waals surface area contributed by atoms with Crippen molar-refractivity contribution >= 4 is 36.5 Å². The molecule has 1 aromatic heterocycles. The molecule has 4 nitrogen and oxygen atoms in total. The predicted molar refractivity (Wildman–Crippen MR) is 63.8 cm³/mol. The molecule has 1 atom stereocenters. The topological polar surface area (TPSA) is 68.0 Å². The number of halogens is 2. The van der Waals surface area contributed by atoms with Crippen molar-refractivity contribution in [2.45, 2.75) is 19.4 Å². The Morgan fingerprint density at radius 2 is 2.13 bits per heavy atom. The molecule has 0 spiro atoms. The van der Waals surface area contributed by atoms with Gasteiger partial charge in [0.15, 0.2) is 0 Å². The number of aromatic nitrogens is 1. The third-order valence-electron chi connectivity index (χ3n) is 2.14. The van der Waals surface area contributed by atoms with Gasteiger partial charge in [-0.3, -0.25) is 4.79 Å². The van der Waals surface area contributed by atoms with Crippen LogP contribution in [0.25, 0.3) is 0 Å². The van der Waals surface area contributed by atoms with Crippen molar-refractivity contribution < 1.29 is 4.79 Å². The van der Waals surface area contributed by atoms with E-state index in [1.54, 1.807) is 0 Å². The molecule has 0 aliphatic carbocycles. The molecule has 84 valence electrons. The monoisotopic (exact) mass is 249 g/mol. The van der Waals surface area contributed by atoms with Crippen LogP contribution in [-0.2, 0) is 11.2 Å². The van der Waals surface area contributed by atoms with E-state index in [2.05, 4.69) is 10.3 Å². The number of hydrogen-bond acceptors (Lipinski definition) is 3. The van der Waals surface area contributed by atoms with Gasteiger partial charge < -0.3 is 11.1 Å². The van der Waals surface area contributed by atoms with E-state index in [9.17, 15) is 4.79 Å². The number of amides is 1. The van der Waals surface area contributed by atoms with Gasteiger partial charge in [-0.2, -0.15) is 0 Å². The lowest BCUT2D eigenvalue weighted by molar-refractivity contribution is -0.117. The molecule has 0 fully saturated rings. The number of hydrogen-bond donors (Lipinski definition) is 2. The first-order chi connectivity index (χ1) is 6.16. The first kappa shape index (κ1) is 14.2. The van der Waals surface area contributed by atoms with Crippen LogP contribution in [0.4, 0.5) is 5.82 Å². The Morgan fingerprint density at radius 1 is 1.47 bits per heavy atom. The lowest BCUT2D eigenvalue weighted by Crippen LogP contribution is -2.41. The van der Waals surface area contributed by atoms with Gasteiger partial charge in [0.1, 0.15) is 5.82 Å². The molecule has 3 N–H and O–H groups in total. The van der Waals surface area contributed by atoms with E-state index in [0.29, 0.717) is 12.2 Å². The minimum Gasteiger partial charge on any atom is -0.320 e. The predicted octanol–water partition coefficient (Wildman–Crippen LogP) is 1.06. The Hall–Kier alpha value is -0.840. The lowest BCUT2D eigenvalue weighted by atomic mass is 10.0.